The molecule has 2 heterocycles. The number of hydrogen-bond acceptors (Lipinski definition) is 3. The Morgan fingerprint density at radius 3 is 3.08 bits per heavy atom. The van der Waals surface area contributed by atoms with Gasteiger partial charge in [-0.1, -0.05) is 0 Å². The summed E-state index contributed by atoms with van der Waals surface area (Å²) in [6, 6.07) is 0. The predicted octanol–water partition coefficient (Wildman–Crippen LogP) is 0.0947. The molecule has 2 aromatic rings. The van der Waals surface area contributed by atoms with Crippen molar-refractivity contribution in [2.75, 3.05) is 0 Å². The molecule has 0 bridgehead atoms. The Balaban J connectivity index is 2.64. The van der Waals surface area contributed by atoms with Crippen LogP contribution in [0.3, 0.4) is 0 Å². The fourth-order valence-electron chi connectivity index (χ4n) is 0.949. The minimum atomic E-state index is -0.599. The average molecular weight is 180 g/mol. The summed E-state index contributed by atoms with van der Waals surface area (Å²) in [4.78, 5) is 20.0. The minimum Gasteiger partial charge on any atom is -0.289 e. The Kier molecular flexibility index (Phi) is 1.66. The summed E-state index contributed by atoms with van der Waals surface area (Å²) in [5, 5.41) is 0. The van der Waals surface area contributed by atoms with Gasteiger partial charge in [0.05, 0.1) is 6.20 Å². The van der Waals surface area contributed by atoms with Gasteiger partial charge in [0.2, 0.25) is 0 Å². The number of halogens is 1. The van der Waals surface area contributed by atoms with Crippen molar-refractivity contribution in [3.8, 4) is 5.82 Å². The lowest BCUT2D eigenvalue weighted by molar-refractivity contribution is 0.598. The molecule has 2 rings (SSSR count). The number of aromatic nitrogens is 4. The zero-order valence-electron chi connectivity index (χ0n) is 6.44. The van der Waals surface area contributed by atoms with Crippen LogP contribution in [0, 0.1) is 5.82 Å². The molecule has 0 spiro atoms. The monoisotopic (exact) mass is 180 g/mol. The summed E-state index contributed by atoms with van der Waals surface area (Å²) in [7, 11) is 0. The van der Waals surface area contributed by atoms with E-state index in [9.17, 15) is 9.18 Å². The van der Waals surface area contributed by atoms with E-state index in [2.05, 4.69) is 15.0 Å². The number of rotatable bonds is 1. The van der Waals surface area contributed by atoms with Gasteiger partial charge in [-0.3, -0.25) is 9.55 Å². The Morgan fingerprint density at radius 1 is 1.54 bits per heavy atom. The van der Waals surface area contributed by atoms with Gasteiger partial charge in [0.15, 0.2) is 11.6 Å². The second-order valence-electron chi connectivity index (χ2n) is 2.35. The molecule has 66 valence electrons. The number of nitrogens with one attached hydrogen (secondary N) is 1. The van der Waals surface area contributed by atoms with Gasteiger partial charge in [-0.2, -0.15) is 4.98 Å². The molecule has 0 radical (unpaired) electrons. The molecule has 0 atom stereocenters. The fraction of sp³-hybridized carbons (Fsp3) is 0. The number of hydrogen-bond donors (Lipinski definition) is 1. The molecule has 0 saturated carbocycles. The topological polar surface area (TPSA) is 63.6 Å². The van der Waals surface area contributed by atoms with Crippen LogP contribution in [0.25, 0.3) is 5.82 Å². The molecular formula is C7H5FN4O. The van der Waals surface area contributed by atoms with E-state index in [0.29, 0.717) is 0 Å². The van der Waals surface area contributed by atoms with E-state index >= 15 is 0 Å². The molecule has 0 aliphatic rings. The highest BCUT2D eigenvalue weighted by molar-refractivity contribution is 5.20. The maximum Gasteiger partial charge on any atom is 0.346 e. The maximum atomic E-state index is 13.1. The summed E-state index contributed by atoms with van der Waals surface area (Å²) in [5.41, 5.74) is -0.592. The lowest BCUT2D eigenvalue weighted by Gasteiger charge is -2.00. The van der Waals surface area contributed by atoms with Crippen LogP contribution in [0.2, 0.25) is 0 Å². The van der Waals surface area contributed by atoms with Crippen LogP contribution in [-0.2, 0) is 0 Å². The van der Waals surface area contributed by atoms with Crippen LogP contribution in [0.4, 0.5) is 4.39 Å². The van der Waals surface area contributed by atoms with Gasteiger partial charge in [-0.25, -0.2) is 14.2 Å². The third kappa shape index (κ3) is 1.33. The maximum absolute atomic E-state index is 13.1. The first-order chi connectivity index (χ1) is 6.27. The van der Waals surface area contributed by atoms with Gasteiger partial charge in [0.25, 0.3) is 0 Å². The molecule has 0 aliphatic carbocycles. The fourth-order valence-corrected chi connectivity index (χ4v) is 0.949. The highest BCUT2D eigenvalue weighted by Crippen LogP contribution is 2.04. The van der Waals surface area contributed by atoms with Crippen molar-refractivity contribution in [2.24, 2.45) is 0 Å². The molecule has 1 N–H and O–H groups in total. The van der Waals surface area contributed by atoms with Gasteiger partial charge >= 0.3 is 5.69 Å². The van der Waals surface area contributed by atoms with Crippen LogP contribution in [0.5, 0.6) is 0 Å². The predicted molar refractivity (Wildman–Crippen MR) is 41.9 cm³/mol. The van der Waals surface area contributed by atoms with Gasteiger partial charge in [-0.05, 0) is 0 Å². The average Bonchev–Trinajstić information content (AvgIpc) is 2.61. The van der Waals surface area contributed by atoms with Crippen LogP contribution in [0.1, 0.15) is 0 Å². The number of H-pyrrole nitrogens is 1. The van der Waals surface area contributed by atoms with Crippen molar-refractivity contribution in [3.63, 3.8) is 0 Å². The summed E-state index contributed by atoms with van der Waals surface area (Å²) in [5.74, 6) is -0.560. The number of nitrogens with zero attached hydrogens (tertiary/aromatic N) is 3. The summed E-state index contributed by atoms with van der Waals surface area (Å²) in [6.45, 7) is 0. The van der Waals surface area contributed by atoms with Crippen molar-refractivity contribution in [1.82, 2.24) is 19.5 Å². The van der Waals surface area contributed by atoms with E-state index in [1.165, 1.54) is 23.3 Å². The largest absolute Gasteiger partial charge is 0.346 e. The molecule has 2 aromatic heterocycles. The molecule has 0 saturated heterocycles. The molecule has 6 heteroatoms. The van der Waals surface area contributed by atoms with Crippen LogP contribution in [-0.4, -0.2) is 19.5 Å². The van der Waals surface area contributed by atoms with E-state index in [-0.39, 0.29) is 5.82 Å². The third-order valence-corrected chi connectivity index (χ3v) is 1.51. The SMILES string of the molecule is O=c1ncc(F)c(-n2ccnc2)[nH]1. The first-order valence-corrected chi connectivity index (χ1v) is 3.50. The van der Waals surface area contributed by atoms with Crippen LogP contribution in [0.15, 0.2) is 29.7 Å². The second kappa shape index (κ2) is 2.81. The standard InChI is InChI=1S/C7H5FN4O/c8-5-3-10-7(13)11-6(5)12-2-1-9-4-12/h1-4H,(H,10,11,13). The molecule has 0 unspecified atom stereocenters. The zero-order chi connectivity index (χ0) is 9.26. The van der Waals surface area contributed by atoms with Gasteiger partial charge < -0.3 is 0 Å². The lowest BCUT2D eigenvalue weighted by Crippen LogP contribution is -2.14. The molecular weight excluding hydrogens is 175 g/mol. The normalized spacial score (nSPS) is 10.2. The zero-order valence-corrected chi connectivity index (χ0v) is 6.44. The quantitative estimate of drug-likeness (QED) is 0.676. The Labute approximate surface area is 71.9 Å². The van der Waals surface area contributed by atoms with Gasteiger partial charge in [0, 0.05) is 12.4 Å². The number of imidazole rings is 1. The Morgan fingerprint density at radius 2 is 2.38 bits per heavy atom. The van der Waals surface area contributed by atoms with Gasteiger partial charge in [-0.15, -0.1) is 0 Å². The van der Waals surface area contributed by atoms with E-state index in [1.54, 1.807) is 0 Å². The van der Waals surface area contributed by atoms with Crippen LogP contribution < -0.4 is 5.69 Å². The first-order valence-electron chi connectivity index (χ1n) is 3.50. The smallest absolute Gasteiger partial charge is 0.289 e. The number of aromatic amines is 1. The Bertz CT molecular complexity index is 462. The van der Waals surface area contributed by atoms with E-state index in [0.717, 1.165) is 6.20 Å². The van der Waals surface area contributed by atoms with Crippen molar-refractivity contribution >= 4 is 0 Å². The summed E-state index contributed by atoms with van der Waals surface area (Å²) in [6.07, 6.45) is 5.26. The molecule has 0 aliphatic heterocycles. The van der Waals surface area contributed by atoms with E-state index in [4.69, 9.17) is 0 Å². The summed E-state index contributed by atoms with van der Waals surface area (Å²) >= 11 is 0. The van der Waals surface area contributed by atoms with Crippen LogP contribution >= 0.6 is 0 Å². The second-order valence-corrected chi connectivity index (χ2v) is 2.35. The van der Waals surface area contributed by atoms with Crippen molar-refractivity contribution in [3.05, 3.63) is 41.2 Å². The minimum absolute atomic E-state index is 0.0394. The molecule has 0 aromatic carbocycles. The molecule has 0 amide bonds. The Hall–Kier alpha value is -1.98. The van der Waals surface area contributed by atoms with Crippen molar-refractivity contribution in [1.29, 1.82) is 0 Å². The van der Waals surface area contributed by atoms with E-state index in [1.807, 2.05) is 0 Å². The molecule has 13 heavy (non-hydrogen) atoms. The highest BCUT2D eigenvalue weighted by Gasteiger charge is 2.04. The van der Waals surface area contributed by atoms with Crippen molar-refractivity contribution in [2.45, 2.75) is 0 Å². The summed E-state index contributed by atoms with van der Waals surface area (Å²) < 4.78 is 14.4. The molecule has 0 fully saturated rings. The lowest BCUT2D eigenvalue weighted by atomic mass is 10.5. The third-order valence-electron chi connectivity index (χ3n) is 1.51. The van der Waals surface area contributed by atoms with E-state index < -0.39 is 11.5 Å². The molecule has 5 nitrogen and oxygen atoms in total. The highest BCUT2D eigenvalue weighted by atomic mass is 19.1. The van der Waals surface area contributed by atoms with Crippen molar-refractivity contribution < 1.29 is 4.39 Å². The van der Waals surface area contributed by atoms with Gasteiger partial charge in [0.1, 0.15) is 6.33 Å². The first kappa shape index (κ1) is 7.66.